The summed E-state index contributed by atoms with van der Waals surface area (Å²) in [5.41, 5.74) is 0. The van der Waals surface area contributed by atoms with E-state index in [1.54, 1.807) is 7.05 Å². The standard InChI is InChI=1S/C18H34N2O2/c1-5-7-8-9-10-11-12-13-14-16(21)20-17(15(3)6-2)18(22)19-4/h5,15,17H,1,6-14H2,2-4H3,(H,19,22)(H,20,21). The molecule has 22 heavy (non-hydrogen) atoms. The van der Waals surface area contributed by atoms with Gasteiger partial charge in [0.15, 0.2) is 0 Å². The zero-order chi connectivity index (χ0) is 16.8. The Hall–Kier alpha value is -1.32. The topological polar surface area (TPSA) is 58.2 Å². The van der Waals surface area contributed by atoms with Gasteiger partial charge in [0, 0.05) is 13.5 Å². The lowest BCUT2D eigenvalue weighted by Gasteiger charge is -2.22. The first kappa shape index (κ1) is 20.7. The third kappa shape index (κ3) is 9.59. The minimum atomic E-state index is -0.415. The fourth-order valence-electron chi connectivity index (χ4n) is 2.38. The van der Waals surface area contributed by atoms with Gasteiger partial charge in [-0.2, -0.15) is 0 Å². The predicted octanol–water partition coefficient (Wildman–Crippen LogP) is 3.57. The monoisotopic (exact) mass is 310 g/mol. The van der Waals surface area contributed by atoms with Crippen LogP contribution in [0.25, 0.3) is 0 Å². The van der Waals surface area contributed by atoms with Crippen molar-refractivity contribution in [3.63, 3.8) is 0 Å². The van der Waals surface area contributed by atoms with E-state index in [1.807, 2.05) is 19.9 Å². The Kier molecular flexibility index (Phi) is 12.5. The van der Waals surface area contributed by atoms with Crippen LogP contribution in [-0.2, 0) is 9.59 Å². The lowest BCUT2D eigenvalue weighted by Crippen LogP contribution is -2.49. The first-order chi connectivity index (χ1) is 10.6. The first-order valence-electron chi connectivity index (χ1n) is 8.68. The summed E-state index contributed by atoms with van der Waals surface area (Å²) in [7, 11) is 1.61. The molecule has 0 fully saturated rings. The summed E-state index contributed by atoms with van der Waals surface area (Å²) in [6.07, 6.45) is 11.3. The van der Waals surface area contributed by atoms with Crippen LogP contribution in [0.5, 0.6) is 0 Å². The Labute approximate surface area is 136 Å². The van der Waals surface area contributed by atoms with E-state index in [0.717, 1.165) is 25.7 Å². The fraction of sp³-hybridized carbons (Fsp3) is 0.778. The van der Waals surface area contributed by atoms with Gasteiger partial charge in [-0.1, -0.05) is 52.0 Å². The minimum absolute atomic E-state index is 0.0134. The molecular formula is C18H34N2O2. The van der Waals surface area contributed by atoms with Gasteiger partial charge in [-0.15, -0.1) is 6.58 Å². The van der Waals surface area contributed by atoms with Gasteiger partial charge in [0.05, 0.1) is 0 Å². The molecule has 0 saturated carbocycles. The summed E-state index contributed by atoms with van der Waals surface area (Å²) in [6, 6.07) is -0.415. The van der Waals surface area contributed by atoms with Gasteiger partial charge in [0.2, 0.25) is 11.8 Å². The second-order valence-corrected chi connectivity index (χ2v) is 5.99. The highest BCUT2D eigenvalue weighted by atomic mass is 16.2. The molecule has 128 valence electrons. The van der Waals surface area contributed by atoms with Crippen molar-refractivity contribution in [1.82, 2.24) is 10.6 Å². The summed E-state index contributed by atoms with van der Waals surface area (Å²) < 4.78 is 0. The van der Waals surface area contributed by atoms with Gasteiger partial charge in [0.1, 0.15) is 6.04 Å². The maximum atomic E-state index is 12.0. The average molecular weight is 310 g/mol. The molecule has 2 amide bonds. The van der Waals surface area contributed by atoms with E-state index in [9.17, 15) is 9.59 Å². The number of allylic oxidation sites excluding steroid dienone is 1. The van der Waals surface area contributed by atoms with Crippen molar-refractivity contribution in [3.8, 4) is 0 Å². The van der Waals surface area contributed by atoms with Crippen LogP contribution >= 0.6 is 0 Å². The van der Waals surface area contributed by atoms with E-state index < -0.39 is 6.04 Å². The molecule has 2 unspecified atom stereocenters. The van der Waals surface area contributed by atoms with Crippen molar-refractivity contribution in [2.24, 2.45) is 5.92 Å². The maximum Gasteiger partial charge on any atom is 0.242 e. The third-order valence-electron chi connectivity index (χ3n) is 4.12. The molecule has 0 aromatic carbocycles. The van der Waals surface area contributed by atoms with Crippen molar-refractivity contribution in [2.75, 3.05) is 7.05 Å². The van der Waals surface area contributed by atoms with Crippen LogP contribution in [0.2, 0.25) is 0 Å². The van der Waals surface area contributed by atoms with Crippen LogP contribution in [0.1, 0.15) is 71.6 Å². The Morgan fingerprint density at radius 1 is 1.09 bits per heavy atom. The van der Waals surface area contributed by atoms with E-state index >= 15 is 0 Å². The first-order valence-corrected chi connectivity index (χ1v) is 8.68. The van der Waals surface area contributed by atoms with Gasteiger partial charge >= 0.3 is 0 Å². The number of carbonyl (C=O) groups is 2. The second kappa shape index (κ2) is 13.4. The Morgan fingerprint density at radius 2 is 1.68 bits per heavy atom. The third-order valence-corrected chi connectivity index (χ3v) is 4.12. The Bertz CT molecular complexity index is 329. The highest BCUT2D eigenvalue weighted by Crippen LogP contribution is 2.11. The number of hydrogen-bond donors (Lipinski definition) is 2. The smallest absolute Gasteiger partial charge is 0.242 e. The van der Waals surface area contributed by atoms with Crippen molar-refractivity contribution >= 4 is 11.8 Å². The minimum Gasteiger partial charge on any atom is -0.357 e. The number of carbonyl (C=O) groups excluding carboxylic acids is 2. The molecule has 2 N–H and O–H groups in total. The molecule has 2 atom stereocenters. The number of amides is 2. The molecule has 0 saturated heterocycles. The lowest BCUT2D eigenvalue weighted by molar-refractivity contribution is -0.130. The largest absolute Gasteiger partial charge is 0.357 e. The highest BCUT2D eigenvalue weighted by molar-refractivity contribution is 5.87. The molecule has 0 spiro atoms. The predicted molar refractivity (Wildman–Crippen MR) is 92.6 cm³/mol. The molecule has 0 heterocycles. The number of hydrogen-bond acceptors (Lipinski definition) is 2. The number of unbranched alkanes of at least 4 members (excludes halogenated alkanes) is 6. The van der Waals surface area contributed by atoms with Crippen LogP contribution in [0.15, 0.2) is 12.7 Å². The molecule has 0 aromatic heterocycles. The molecule has 0 rings (SSSR count). The summed E-state index contributed by atoms with van der Waals surface area (Å²) in [5.74, 6) is 0.0271. The molecule has 0 bridgehead atoms. The van der Waals surface area contributed by atoms with Crippen LogP contribution in [0.3, 0.4) is 0 Å². The molecule has 0 radical (unpaired) electrons. The summed E-state index contributed by atoms with van der Waals surface area (Å²) >= 11 is 0. The van der Waals surface area contributed by atoms with Crippen LogP contribution in [0.4, 0.5) is 0 Å². The summed E-state index contributed by atoms with van der Waals surface area (Å²) in [5, 5.41) is 5.50. The molecule has 0 aliphatic rings. The van der Waals surface area contributed by atoms with Gasteiger partial charge in [-0.25, -0.2) is 0 Å². The fourth-order valence-corrected chi connectivity index (χ4v) is 2.38. The van der Waals surface area contributed by atoms with E-state index in [4.69, 9.17) is 0 Å². The van der Waals surface area contributed by atoms with Gasteiger partial charge in [0.25, 0.3) is 0 Å². The van der Waals surface area contributed by atoms with Gasteiger partial charge < -0.3 is 10.6 Å². The highest BCUT2D eigenvalue weighted by Gasteiger charge is 2.24. The number of nitrogens with one attached hydrogen (secondary N) is 2. The Morgan fingerprint density at radius 3 is 2.23 bits per heavy atom. The number of likely N-dealkylation sites (N-methyl/N-ethyl adjacent to an activating group) is 1. The van der Waals surface area contributed by atoms with Crippen LogP contribution in [-0.4, -0.2) is 24.9 Å². The molecule has 4 heteroatoms. The molecule has 0 aliphatic heterocycles. The maximum absolute atomic E-state index is 12.0. The van der Waals surface area contributed by atoms with Crippen molar-refractivity contribution in [3.05, 3.63) is 12.7 Å². The SMILES string of the molecule is C=CCCCCCCCCC(=O)NC(C(=O)NC)C(C)CC. The van der Waals surface area contributed by atoms with Crippen LogP contribution < -0.4 is 10.6 Å². The molecule has 0 aliphatic carbocycles. The quantitative estimate of drug-likeness (QED) is 0.403. The molecule has 0 aromatic rings. The van der Waals surface area contributed by atoms with Crippen molar-refractivity contribution in [2.45, 2.75) is 77.7 Å². The van der Waals surface area contributed by atoms with Crippen molar-refractivity contribution < 1.29 is 9.59 Å². The lowest BCUT2D eigenvalue weighted by atomic mass is 9.98. The molecular weight excluding hydrogens is 276 g/mol. The zero-order valence-electron chi connectivity index (χ0n) is 14.6. The van der Waals surface area contributed by atoms with E-state index in [0.29, 0.717) is 6.42 Å². The molecule has 4 nitrogen and oxygen atoms in total. The average Bonchev–Trinajstić information content (AvgIpc) is 2.53. The van der Waals surface area contributed by atoms with E-state index in [2.05, 4.69) is 17.2 Å². The van der Waals surface area contributed by atoms with Crippen molar-refractivity contribution in [1.29, 1.82) is 0 Å². The normalized spacial score (nSPS) is 13.2. The Balaban J connectivity index is 3.86. The van der Waals surface area contributed by atoms with E-state index in [-0.39, 0.29) is 17.7 Å². The summed E-state index contributed by atoms with van der Waals surface area (Å²) in [4.78, 5) is 23.8. The summed E-state index contributed by atoms with van der Waals surface area (Å²) in [6.45, 7) is 7.73. The second-order valence-electron chi connectivity index (χ2n) is 5.99. The zero-order valence-corrected chi connectivity index (χ0v) is 14.6. The van der Waals surface area contributed by atoms with E-state index in [1.165, 1.54) is 25.7 Å². The van der Waals surface area contributed by atoms with Gasteiger partial charge in [-0.05, 0) is 25.2 Å². The van der Waals surface area contributed by atoms with Gasteiger partial charge in [-0.3, -0.25) is 9.59 Å². The number of rotatable bonds is 13. The van der Waals surface area contributed by atoms with Crippen LogP contribution in [0, 0.1) is 5.92 Å².